The summed E-state index contributed by atoms with van der Waals surface area (Å²) < 4.78 is 5.05. The largest absolute Gasteiger partial charge is 0.462 e. The number of carbonyl (C=O) groups is 2. The molecule has 1 aromatic heterocycles. The molecule has 142 valence electrons. The standard InChI is InChI=1S/C21H20N4O3/c1-3-28-20(27)16-9-5-7-11-18(16)25-21-22-12-15(13-23-21)19(26)24-17-10-6-4-8-14(17)2/h4-13H,3H2,1-2H3,(H,24,26)(H,22,23,25). The molecule has 7 nitrogen and oxygen atoms in total. The highest BCUT2D eigenvalue weighted by Gasteiger charge is 2.13. The first kappa shape index (κ1) is 19.0. The van der Waals surface area contributed by atoms with E-state index in [1.54, 1.807) is 31.2 Å². The lowest BCUT2D eigenvalue weighted by molar-refractivity contribution is 0.0527. The summed E-state index contributed by atoms with van der Waals surface area (Å²) in [5, 5.41) is 5.82. The number of hydrogen-bond donors (Lipinski definition) is 2. The van der Waals surface area contributed by atoms with Crippen LogP contribution in [0.15, 0.2) is 60.9 Å². The number of esters is 1. The Hall–Kier alpha value is -3.74. The maximum Gasteiger partial charge on any atom is 0.340 e. The Morgan fingerprint density at radius 2 is 1.61 bits per heavy atom. The molecular formula is C21H20N4O3. The zero-order chi connectivity index (χ0) is 19.9. The molecule has 1 heterocycles. The van der Waals surface area contributed by atoms with Gasteiger partial charge >= 0.3 is 5.97 Å². The predicted molar refractivity (Wildman–Crippen MR) is 107 cm³/mol. The van der Waals surface area contributed by atoms with Crippen molar-refractivity contribution in [1.29, 1.82) is 0 Å². The van der Waals surface area contributed by atoms with E-state index in [0.29, 0.717) is 16.8 Å². The Kier molecular flexibility index (Phi) is 5.96. The lowest BCUT2D eigenvalue weighted by Gasteiger charge is -2.11. The number of ether oxygens (including phenoxy) is 1. The third kappa shape index (κ3) is 4.50. The molecule has 3 rings (SSSR count). The van der Waals surface area contributed by atoms with Crippen LogP contribution in [0.3, 0.4) is 0 Å². The fourth-order valence-corrected chi connectivity index (χ4v) is 2.52. The van der Waals surface area contributed by atoms with Crippen molar-refractivity contribution in [3.63, 3.8) is 0 Å². The van der Waals surface area contributed by atoms with E-state index in [4.69, 9.17) is 4.74 Å². The van der Waals surface area contributed by atoms with Gasteiger partial charge in [-0.2, -0.15) is 0 Å². The second-order valence-corrected chi connectivity index (χ2v) is 5.96. The van der Waals surface area contributed by atoms with E-state index in [9.17, 15) is 9.59 Å². The predicted octanol–water partition coefficient (Wildman–Crippen LogP) is 3.96. The van der Waals surface area contributed by atoms with Crippen molar-refractivity contribution >= 4 is 29.2 Å². The Labute approximate surface area is 162 Å². The number of aromatic nitrogens is 2. The van der Waals surface area contributed by atoms with Crippen molar-refractivity contribution in [3.8, 4) is 0 Å². The van der Waals surface area contributed by atoms with Gasteiger partial charge in [-0.3, -0.25) is 4.79 Å². The Balaban J connectivity index is 1.73. The summed E-state index contributed by atoms with van der Waals surface area (Å²) in [6.07, 6.45) is 2.85. The normalized spacial score (nSPS) is 10.2. The van der Waals surface area contributed by atoms with Crippen LogP contribution in [0.5, 0.6) is 0 Å². The molecule has 0 spiro atoms. The molecule has 0 saturated heterocycles. The van der Waals surface area contributed by atoms with Crippen molar-refractivity contribution in [2.24, 2.45) is 0 Å². The molecule has 0 saturated carbocycles. The van der Waals surface area contributed by atoms with Gasteiger partial charge in [0.2, 0.25) is 5.95 Å². The number of rotatable bonds is 6. The van der Waals surface area contributed by atoms with Gasteiger partial charge in [0, 0.05) is 18.1 Å². The molecule has 0 aliphatic heterocycles. The van der Waals surface area contributed by atoms with Crippen LogP contribution < -0.4 is 10.6 Å². The fraction of sp³-hybridized carbons (Fsp3) is 0.143. The van der Waals surface area contributed by atoms with Gasteiger partial charge in [0.1, 0.15) is 0 Å². The molecule has 0 atom stereocenters. The molecule has 0 aliphatic rings. The summed E-state index contributed by atoms with van der Waals surface area (Å²) >= 11 is 0. The van der Waals surface area contributed by atoms with Crippen LogP contribution in [0, 0.1) is 6.92 Å². The Morgan fingerprint density at radius 1 is 0.964 bits per heavy atom. The van der Waals surface area contributed by atoms with Crippen LogP contribution in [0.25, 0.3) is 0 Å². The number of carbonyl (C=O) groups excluding carboxylic acids is 2. The molecule has 2 aromatic carbocycles. The van der Waals surface area contributed by atoms with Crippen molar-refractivity contribution in [3.05, 3.63) is 77.6 Å². The third-order valence-corrected chi connectivity index (χ3v) is 3.98. The molecule has 2 N–H and O–H groups in total. The number of nitrogens with zero attached hydrogens (tertiary/aromatic N) is 2. The van der Waals surface area contributed by atoms with Gasteiger partial charge in [-0.05, 0) is 37.6 Å². The van der Waals surface area contributed by atoms with Gasteiger partial charge in [-0.1, -0.05) is 30.3 Å². The number of benzene rings is 2. The topological polar surface area (TPSA) is 93.2 Å². The van der Waals surface area contributed by atoms with Crippen molar-refractivity contribution < 1.29 is 14.3 Å². The fourth-order valence-electron chi connectivity index (χ4n) is 2.52. The SMILES string of the molecule is CCOC(=O)c1ccccc1Nc1ncc(C(=O)Nc2ccccc2C)cn1. The van der Waals surface area contributed by atoms with Crippen molar-refractivity contribution in [2.75, 3.05) is 17.2 Å². The second kappa shape index (κ2) is 8.77. The minimum atomic E-state index is -0.431. The maximum absolute atomic E-state index is 12.4. The summed E-state index contributed by atoms with van der Waals surface area (Å²) in [4.78, 5) is 32.8. The van der Waals surface area contributed by atoms with E-state index in [1.165, 1.54) is 12.4 Å². The summed E-state index contributed by atoms with van der Waals surface area (Å²) in [5.74, 6) is -0.461. The zero-order valence-corrected chi connectivity index (χ0v) is 15.6. The highest BCUT2D eigenvalue weighted by atomic mass is 16.5. The number of aryl methyl sites for hydroxylation is 1. The zero-order valence-electron chi connectivity index (χ0n) is 15.6. The molecule has 28 heavy (non-hydrogen) atoms. The molecule has 3 aromatic rings. The average Bonchev–Trinajstić information content (AvgIpc) is 2.71. The number of nitrogens with one attached hydrogen (secondary N) is 2. The van der Waals surface area contributed by atoms with Crippen molar-refractivity contribution in [2.45, 2.75) is 13.8 Å². The molecule has 0 bridgehead atoms. The van der Waals surface area contributed by atoms with E-state index >= 15 is 0 Å². The van der Waals surface area contributed by atoms with Gasteiger partial charge in [0.25, 0.3) is 5.91 Å². The van der Waals surface area contributed by atoms with Crippen LogP contribution in [-0.2, 0) is 4.74 Å². The van der Waals surface area contributed by atoms with E-state index in [0.717, 1.165) is 11.3 Å². The minimum Gasteiger partial charge on any atom is -0.462 e. The van der Waals surface area contributed by atoms with Crippen LogP contribution >= 0.6 is 0 Å². The van der Waals surface area contributed by atoms with Crippen molar-refractivity contribution in [1.82, 2.24) is 9.97 Å². The van der Waals surface area contributed by atoms with E-state index in [2.05, 4.69) is 20.6 Å². The summed E-state index contributed by atoms with van der Waals surface area (Å²) in [5.41, 5.74) is 2.93. The van der Waals surface area contributed by atoms with Crippen LogP contribution in [0.1, 0.15) is 33.2 Å². The molecule has 0 unspecified atom stereocenters. The van der Waals surface area contributed by atoms with E-state index < -0.39 is 5.97 Å². The third-order valence-electron chi connectivity index (χ3n) is 3.98. The van der Waals surface area contributed by atoms with Gasteiger partial charge in [-0.25, -0.2) is 14.8 Å². The monoisotopic (exact) mass is 376 g/mol. The molecule has 0 aliphatic carbocycles. The first-order valence-corrected chi connectivity index (χ1v) is 8.80. The minimum absolute atomic E-state index is 0.268. The highest BCUT2D eigenvalue weighted by Crippen LogP contribution is 2.20. The Bertz CT molecular complexity index is 987. The van der Waals surface area contributed by atoms with E-state index in [-0.39, 0.29) is 18.5 Å². The lowest BCUT2D eigenvalue weighted by Crippen LogP contribution is -2.14. The average molecular weight is 376 g/mol. The van der Waals surface area contributed by atoms with Gasteiger partial charge < -0.3 is 15.4 Å². The Morgan fingerprint density at radius 3 is 2.29 bits per heavy atom. The summed E-state index contributed by atoms with van der Waals surface area (Å²) in [7, 11) is 0. The quantitative estimate of drug-likeness (QED) is 0.633. The molecule has 0 fully saturated rings. The number of amides is 1. The number of anilines is 3. The lowest BCUT2D eigenvalue weighted by atomic mass is 10.2. The van der Waals surface area contributed by atoms with Gasteiger partial charge in [0.15, 0.2) is 0 Å². The maximum atomic E-state index is 12.4. The highest BCUT2D eigenvalue weighted by molar-refractivity contribution is 6.04. The first-order chi connectivity index (χ1) is 13.6. The van der Waals surface area contributed by atoms with E-state index in [1.807, 2.05) is 31.2 Å². The van der Waals surface area contributed by atoms with Gasteiger partial charge in [-0.15, -0.1) is 0 Å². The smallest absolute Gasteiger partial charge is 0.340 e. The number of para-hydroxylation sites is 2. The second-order valence-electron chi connectivity index (χ2n) is 5.96. The molecule has 7 heteroatoms. The summed E-state index contributed by atoms with van der Waals surface area (Å²) in [6, 6.07) is 14.4. The molecular weight excluding hydrogens is 356 g/mol. The van der Waals surface area contributed by atoms with Crippen LogP contribution in [0.4, 0.5) is 17.3 Å². The van der Waals surface area contributed by atoms with Crippen LogP contribution in [0.2, 0.25) is 0 Å². The molecule has 1 amide bonds. The summed E-state index contributed by atoms with van der Waals surface area (Å²) in [6.45, 7) is 3.95. The molecule has 0 radical (unpaired) electrons. The van der Waals surface area contributed by atoms with Gasteiger partial charge in [0.05, 0.1) is 23.4 Å². The first-order valence-electron chi connectivity index (χ1n) is 8.80. The number of hydrogen-bond acceptors (Lipinski definition) is 6. The van der Waals surface area contributed by atoms with Crippen LogP contribution in [-0.4, -0.2) is 28.5 Å².